The SMILES string of the molecule is CNc1nc(N)nc2c1ncn2[C@H]1C[C@@H](COP(=O)(N[C@@H](C)C(=O)OC)Oc2ccc(Br)cc2)C1. The van der Waals surface area contributed by atoms with Crippen LogP contribution in [0.4, 0.5) is 11.8 Å². The van der Waals surface area contributed by atoms with Gasteiger partial charge in [-0.1, -0.05) is 15.9 Å². The first-order valence-corrected chi connectivity index (χ1v) is 13.3. The molecule has 4 N–H and O–H groups in total. The number of nitrogens with one attached hydrogen (secondary N) is 2. The number of nitrogens with two attached hydrogens (primary N) is 1. The number of esters is 1. The minimum absolute atomic E-state index is 0.123. The Morgan fingerprint density at radius 2 is 2.03 bits per heavy atom. The fourth-order valence-corrected chi connectivity index (χ4v) is 5.66. The molecule has 1 saturated carbocycles. The summed E-state index contributed by atoms with van der Waals surface area (Å²) in [6.45, 7) is 1.71. The fraction of sp³-hybridized carbons (Fsp3) is 0.429. The number of hydrogen-bond acceptors (Lipinski definition) is 10. The average molecular weight is 568 g/mol. The zero-order chi connectivity index (χ0) is 25.2. The molecule has 1 aliphatic rings. The van der Waals surface area contributed by atoms with E-state index in [4.69, 9.17) is 19.5 Å². The van der Waals surface area contributed by atoms with Crippen LogP contribution in [0.2, 0.25) is 0 Å². The lowest BCUT2D eigenvalue weighted by molar-refractivity contribution is -0.142. The van der Waals surface area contributed by atoms with Crippen LogP contribution in [0.5, 0.6) is 5.75 Å². The van der Waals surface area contributed by atoms with Crippen LogP contribution in [0.3, 0.4) is 0 Å². The third-order valence-electron chi connectivity index (χ3n) is 5.71. The maximum Gasteiger partial charge on any atom is 0.459 e. The van der Waals surface area contributed by atoms with Crippen molar-refractivity contribution in [3.05, 3.63) is 35.1 Å². The number of benzene rings is 1. The van der Waals surface area contributed by atoms with Gasteiger partial charge < -0.3 is 24.9 Å². The zero-order valence-electron chi connectivity index (χ0n) is 19.5. The largest absolute Gasteiger partial charge is 0.468 e. The Morgan fingerprint density at radius 1 is 1.31 bits per heavy atom. The smallest absolute Gasteiger partial charge is 0.459 e. The van der Waals surface area contributed by atoms with Gasteiger partial charge >= 0.3 is 13.7 Å². The van der Waals surface area contributed by atoms with E-state index in [1.165, 1.54) is 14.0 Å². The van der Waals surface area contributed by atoms with Gasteiger partial charge in [0.1, 0.15) is 11.8 Å². The number of carbonyl (C=O) groups is 1. The number of aromatic nitrogens is 4. The molecular weight excluding hydrogens is 541 g/mol. The van der Waals surface area contributed by atoms with Gasteiger partial charge in [-0.3, -0.25) is 9.32 Å². The molecule has 188 valence electrons. The molecular formula is C21H27BrN7O5P. The van der Waals surface area contributed by atoms with Gasteiger partial charge in [-0.15, -0.1) is 0 Å². The molecule has 2 heterocycles. The Balaban J connectivity index is 1.42. The molecule has 1 aliphatic carbocycles. The predicted octanol–water partition coefficient (Wildman–Crippen LogP) is 3.52. The summed E-state index contributed by atoms with van der Waals surface area (Å²) in [6.07, 6.45) is 3.24. The number of anilines is 2. The third-order valence-corrected chi connectivity index (χ3v) is 7.88. The van der Waals surface area contributed by atoms with Crippen LogP contribution in [0, 0.1) is 5.92 Å². The minimum Gasteiger partial charge on any atom is -0.468 e. The van der Waals surface area contributed by atoms with E-state index in [1.807, 2.05) is 4.57 Å². The molecule has 0 radical (unpaired) electrons. The van der Waals surface area contributed by atoms with Crippen molar-refractivity contribution >= 4 is 52.6 Å². The first-order chi connectivity index (χ1) is 16.7. The van der Waals surface area contributed by atoms with Gasteiger partial charge in [-0.25, -0.2) is 9.55 Å². The zero-order valence-corrected chi connectivity index (χ0v) is 22.0. The molecule has 1 unspecified atom stereocenters. The maximum absolute atomic E-state index is 13.5. The van der Waals surface area contributed by atoms with Gasteiger partial charge in [0.15, 0.2) is 17.0 Å². The van der Waals surface area contributed by atoms with Crippen LogP contribution >= 0.6 is 23.7 Å². The second-order valence-corrected chi connectivity index (χ2v) is 10.8. The minimum atomic E-state index is -3.88. The number of carbonyl (C=O) groups excluding carboxylic acids is 1. The molecule has 0 bridgehead atoms. The molecule has 1 aromatic carbocycles. The van der Waals surface area contributed by atoms with Gasteiger partial charge in [-0.05, 0) is 49.9 Å². The maximum atomic E-state index is 13.5. The molecule has 0 amide bonds. The summed E-state index contributed by atoms with van der Waals surface area (Å²) >= 11 is 3.35. The standard InChI is InChI=1S/C21H27BrN7O5P/c1-12(20(30)32-3)28-35(31,34-16-6-4-14(22)5-7-16)33-10-13-8-15(9-13)29-11-25-17-18(24-2)26-21(23)27-19(17)29/h4-7,11-13,15H,8-10H2,1-3H3,(H,28,31)(H3,23,24,26,27)/t12-,13-,15+,35?/m0/s1. The molecule has 35 heavy (non-hydrogen) atoms. The Morgan fingerprint density at radius 3 is 2.69 bits per heavy atom. The van der Waals surface area contributed by atoms with E-state index in [0.717, 1.165) is 17.3 Å². The van der Waals surface area contributed by atoms with Crippen LogP contribution < -0.4 is 20.7 Å². The average Bonchev–Trinajstić information content (AvgIpc) is 3.21. The van der Waals surface area contributed by atoms with E-state index in [2.05, 4.69) is 41.3 Å². The molecule has 14 heteroatoms. The van der Waals surface area contributed by atoms with E-state index in [-0.39, 0.29) is 24.5 Å². The summed E-state index contributed by atoms with van der Waals surface area (Å²) in [5.41, 5.74) is 7.15. The number of methoxy groups -OCH3 is 1. The number of nitrogen functional groups attached to an aromatic ring is 1. The predicted molar refractivity (Wildman–Crippen MR) is 134 cm³/mol. The van der Waals surface area contributed by atoms with Crippen molar-refractivity contribution in [1.82, 2.24) is 24.6 Å². The monoisotopic (exact) mass is 567 g/mol. The molecule has 2 aromatic heterocycles. The second-order valence-electron chi connectivity index (χ2n) is 8.21. The van der Waals surface area contributed by atoms with Gasteiger partial charge in [0.05, 0.1) is 20.0 Å². The van der Waals surface area contributed by atoms with Crippen LogP contribution in [0.1, 0.15) is 25.8 Å². The first-order valence-electron chi connectivity index (χ1n) is 10.9. The van der Waals surface area contributed by atoms with Gasteiger partial charge in [0.2, 0.25) is 5.95 Å². The quantitative estimate of drug-likeness (QED) is 0.243. The van der Waals surface area contributed by atoms with Gasteiger partial charge in [0.25, 0.3) is 0 Å². The van der Waals surface area contributed by atoms with Crippen LogP contribution in [-0.4, -0.2) is 52.3 Å². The van der Waals surface area contributed by atoms with Crippen LogP contribution in [0.15, 0.2) is 35.1 Å². The number of imidazole rings is 1. The van der Waals surface area contributed by atoms with Crippen molar-refractivity contribution < 1.29 is 23.1 Å². The molecule has 1 fully saturated rings. The van der Waals surface area contributed by atoms with E-state index in [9.17, 15) is 9.36 Å². The highest BCUT2D eigenvalue weighted by atomic mass is 79.9. The summed E-state index contributed by atoms with van der Waals surface area (Å²) < 4.78 is 32.5. The van der Waals surface area contributed by atoms with E-state index >= 15 is 0 Å². The number of ether oxygens (including phenoxy) is 1. The molecule has 4 rings (SSSR count). The normalized spacial score (nSPS) is 20.0. The van der Waals surface area contributed by atoms with Crippen molar-refractivity contribution in [3.63, 3.8) is 0 Å². The number of halogens is 1. The summed E-state index contributed by atoms with van der Waals surface area (Å²) in [7, 11) is -0.871. The Hall–Kier alpha value is -2.73. The Labute approximate surface area is 210 Å². The highest BCUT2D eigenvalue weighted by Crippen LogP contribution is 2.48. The molecule has 0 saturated heterocycles. The van der Waals surface area contributed by atoms with Crippen molar-refractivity contribution in [1.29, 1.82) is 0 Å². The number of fused-ring (bicyclic) bond motifs is 1. The molecule has 12 nitrogen and oxygen atoms in total. The summed E-state index contributed by atoms with van der Waals surface area (Å²) in [5.74, 6) is 0.626. The van der Waals surface area contributed by atoms with Gasteiger partial charge in [-0.2, -0.15) is 15.1 Å². The van der Waals surface area contributed by atoms with Crippen molar-refractivity contribution in [3.8, 4) is 5.75 Å². The fourth-order valence-electron chi connectivity index (χ4n) is 3.83. The summed E-state index contributed by atoms with van der Waals surface area (Å²) in [6, 6.07) is 6.07. The van der Waals surface area contributed by atoms with Crippen molar-refractivity contribution in [2.75, 3.05) is 31.8 Å². The molecule has 0 aliphatic heterocycles. The lowest BCUT2D eigenvalue weighted by atomic mass is 9.81. The van der Waals surface area contributed by atoms with E-state index < -0.39 is 19.8 Å². The van der Waals surface area contributed by atoms with Crippen LogP contribution in [-0.2, 0) is 18.6 Å². The topological polar surface area (TPSA) is 156 Å². The Kier molecular flexibility index (Phi) is 7.60. The second kappa shape index (κ2) is 10.5. The van der Waals surface area contributed by atoms with Crippen molar-refractivity contribution in [2.24, 2.45) is 5.92 Å². The number of hydrogen-bond donors (Lipinski definition) is 3. The number of nitrogens with zero attached hydrogens (tertiary/aromatic N) is 4. The van der Waals surface area contributed by atoms with E-state index in [1.54, 1.807) is 37.6 Å². The molecule has 3 aromatic rings. The van der Waals surface area contributed by atoms with Crippen LogP contribution in [0.25, 0.3) is 11.2 Å². The number of rotatable bonds is 10. The highest BCUT2D eigenvalue weighted by molar-refractivity contribution is 9.10. The van der Waals surface area contributed by atoms with Crippen molar-refractivity contribution in [2.45, 2.75) is 31.8 Å². The Bertz CT molecular complexity index is 1250. The van der Waals surface area contributed by atoms with Gasteiger partial charge in [0, 0.05) is 17.6 Å². The first kappa shape index (κ1) is 25.4. The summed E-state index contributed by atoms with van der Waals surface area (Å²) in [5, 5.41) is 5.65. The lowest BCUT2D eigenvalue weighted by Gasteiger charge is -2.36. The van der Waals surface area contributed by atoms with E-state index in [0.29, 0.717) is 22.7 Å². The third kappa shape index (κ3) is 5.75. The lowest BCUT2D eigenvalue weighted by Crippen LogP contribution is -2.36. The highest BCUT2D eigenvalue weighted by Gasteiger charge is 2.37. The molecule has 2 atom stereocenters. The molecule has 0 spiro atoms. The summed E-state index contributed by atoms with van der Waals surface area (Å²) in [4.78, 5) is 24.8.